The number of rotatable bonds is 6. The molecule has 0 saturated carbocycles. The number of nitrogens with zero attached hydrogens (tertiary/aromatic N) is 2. The summed E-state index contributed by atoms with van der Waals surface area (Å²) in [5, 5.41) is 3.49. The van der Waals surface area contributed by atoms with Crippen molar-refractivity contribution in [3.63, 3.8) is 0 Å². The highest BCUT2D eigenvalue weighted by Crippen LogP contribution is 2.21. The highest BCUT2D eigenvalue weighted by atomic mass is 15.3. The first-order valence-corrected chi connectivity index (χ1v) is 8.41. The normalized spacial score (nSPS) is 16.7. The third-order valence-corrected chi connectivity index (χ3v) is 4.48. The largest absolute Gasteiger partial charge is 0.369 e. The predicted octanol–water partition coefficient (Wildman–Crippen LogP) is 3.03. The maximum Gasteiger partial charge on any atom is 0.0369 e. The van der Waals surface area contributed by atoms with Gasteiger partial charge in [-0.05, 0) is 57.0 Å². The number of anilines is 1. The molecule has 0 radical (unpaired) electrons. The van der Waals surface area contributed by atoms with Crippen LogP contribution in [0.1, 0.15) is 38.3 Å². The fraction of sp³-hybridized carbons (Fsp3) is 0.667. The maximum absolute atomic E-state index is 3.49. The number of benzene rings is 1. The Bertz CT molecular complexity index is 434. The number of aryl methyl sites for hydroxylation is 1. The summed E-state index contributed by atoms with van der Waals surface area (Å²) in [5.74, 6) is 0. The number of hydrogen-bond donors (Lipinski definition) is 1. The molecule has 1 aliphatic rings. The van der Waals surface area contributed by atoms with Crippen molar-refractivity contribution >= 4 is 5.69 Å². The first-order valence-electron chi connectivity index (χ1n) is 8.41. The molecule has 2 rings (SSSR count). The lowest BCUT2D eigenvalue weighted by molar-refractivity contribution is 0.209. The molecule has 1 aromatic rings. The summed E-state index contributed by atoms with van der Waals surface area (Å²) in [6.07, 6.45) is 1.19. The van der Waals surface area contributed by atoms with E-state index in [0.29, 0.717) is 6.04 Å². The molecule has 0 amide bonds. The lowest BCUT2D eigenvalue weighted by Crippen LogP contribution is -2.48. The van der Waals surface area contributed by atoms with E-state index in [1.165, 1.54) is 36.3 Å². The van der Waals surface area contributed by atoms with E-state index in [2.05, 4.69) is 61.0 Å². The van der Waals surface area contributed by atoms with Crippen LogP contribution in [0.4, 0.5) is 5.69 Å². The van der Waals surface area contributed by atoms with Crippen LogP contribution >= 0.6 is 0 Å². The molecule has 0 atom stereocenters. The fourth-order valence-corrected chi connectivity index (χ4v) is 2.97. The van der Waals surface area contributed by atoms with Gasteiger partial charge < -0.3 is 10.2 Å². The zero-order chi connectivity index (χ0) is 15.2. The second-order valence-corrected chi connectivity index (χ2v) is 6.40. The molecule has 0 unspecified atom stereocenters. The van der Waals surface area contributed by atoms with Gasteiger partial charge in [-0.2, -0.15) is 0 Å². The zero-order valence-electron chi connectivity index (χ0n) is 14.2. The van der Waals surface area contributed by atoms with Crippen LogP contribution in [0.3, 0.4) is 0 Å². The van der Waals surface area contributed by atoms with Gasteiger partial charge in [0, 0.05) is 44.5 Å². The van der Waals surface area contributed by atoms with Crippen LogP contribution in [0.5, 0.6) is 0 Å². The van der Waals surface area contributed by atoms with Crippen LogP contribution in [0.15, 0.2) is 18.2 Å². The highest BCUT2D eigenvalue weighted by Gasteiger charge is 2.19. The molecule has 3 nitrogen and oxygen atoms in total. The lowest BCUT2D eigenvalue weighted by Gasteiger charge is -2.38. The van der Waals surface area contributed by atoms with Crippen molar-refractivity contribution in [3.8, 4) is 0 Å². The van der Waals surface area contributed by atoms with Crippen molar-refractivity contribution in [2.45, 2.75) is 46.7 Å². The summed E-state index contributed by atoms with van der Waals surface area (Å²) >= 11 is 0. The van der Waals surface area contributed by atoms with Gasteiger partial charge in [0.05, 0.1) is 0 Å². The Balaban J connectivity index is 1.94. The van der Waals surface area contributed by atoms with Gasteiger partial charge in [0.15, 0.2) is 0 Å². The van der Waals surface area contributed by atoms with Gasteiger partial charge >= 0.3 is 0 Å². The molecule has 0 aliphatic carbocycles. The molecule has 3 heteroatoms. The Kier molecular flexibility index (Phi) is 6.07. The van der Waals surface area contributed by atoms with Gasteiger partial charge in [-0.15, -0.1) is 0 Å². The van der Waals surface area contributed by atoms with Crippen molar-refractivity contribution in [1.29, 1.82) is 0 Å². The molecule has 0 aromatic heterocycles. The Labute approximate surface area is 130 Å². The Morgan fingerprint density at radius 2 is 1.86 bits per heavy atom. The molecule has 1 fully saturated rings. The summed E-state index contributed by atoms with van der Waals surface area (Å²) in [4.78, 5) is 5.08. The summed E-state index contributed by atoms with van der Waals surface area (Å²) in [5.41, 5.74) is 4.21. The first-order chi connectivity index (χ1) is 10.1. The molecule has 1 aromatic carbocycles. The number of nitrogens with one attached hydrogen (secondary N) is 1. The quantitative estimate of drug-likeness (QED) is 0.812. The van der Waals surface area contributed by atoms with Gasteiger partial charge in [0.1, 0.15) is 0 Å². The molecule has 1 saturated heterocycles. The van der Waals surface area contributed by atoms with Crippen molar-refractivity contribution in [2.24, 2.45) is 0 Å². The van der Waals surface area contributed by atoms with E-state index < -0.39 is 0 Å². The summed E-state index contributed by atoms with van der Waals surface area (Å²) < 4.78 is 0. The highest BCUT2D eigenvalue weighted by molar-refractivity contribution is 5.51. The summed E-state index contributed by atoms with van der Waals surface area (Å²) in [6, 6.07) is 7.61. The van der Waals surface area contributed by atoms with Gasteiger partial charge in [0.25, 0.3) is 0 Å². The van der Waals surface area contributed by atoms with E-state index in [9.17, 15) is 0 Å². The minimum atomic E-state index is 0.668. The SMILES string of the molecule is CCCNCc1ccc(N2CCN(C(C)C)CC2)cc1C. The average Bonchev–Trinajstić information content (AvgIpc) is 2.49. The topological polar surface area (TPSA) is 18.5 Å². The van der Waals surface area contributed by atoms with Crippen LogP contribution in [0, 0.1) is 6.92 Å². The molecule has 0 spiro atoms. The third-order valence-electron chi connectivity index (χ3n) is 4.48. The smallest absolute Gasteiger partial charge is 0.0369 e. The van der Waals surface area contributed by atoms with E-state index in [0.717, 1.165) is 26.2 Å². The second-order valence-electron chi connectivity index (χ2n) is 6.40. The fourth-order valence-electron chi connectivity index (χ4n) is 2.97. The van der Waals surface area contributed by atoms with Crippen LogP contribution in [-0.4, -0.2) is 43.7 Å². The molecule has 0 bridgehead atoms. The Hall–Kier alpha value is -1.06. The molecule has 118 valence electrons. The van der Waals surface area contributed by atoms with Gasteiger partial charge in [-0.3, -0.25) is 4.90 Å². The predicted molar refractivity (Wildman–Crippen MR) is 92.1 cm³/mol. The summed E-state index contributed by atoms with van der Waals surface area (Å²) in [6.45, 7) is 15.7. The standard InChI is InChI=1S/C18H31N3/c1-5-8-19-14-17-6-7-18(13-16(17)4)21-11-9-20(10-12-21)15(2)3/h6-7,13,15,19H,5,8-12,14H2,1-4H3. The van der Waals surface area contributed by atoms with E-state index in [-0.39, 0.29) is 0 Å². The van der Waals surface area contributed by atoms with Crippen LogP contribution in [0.2, 0.25) is 0 Å². The lowest BCUT2D eigenvalue weighted by atomic mass is 10.1. The molecule has 1 heterocycles. The van der Waals surface area contributed by atoms with Crippen molar-refractivity contribution < 1.29 is 0 Å². The molecule has 1 N–H and O–H groups in total. The molecule has 1 aliphatic heterocycles. The third kappa shape index (κ3) is 4.45. The molecule has 21 heavy (non-hydrogen) atoms. The monoisotopic (exact) mass is 289 g/mol. The number of piperazine rings is 1. The van der Waals surface area contributed by atoms with Crippen LogP contribution in [0.25, 0.3) is 0 Å². The van der Waals surface area contributed by atoms with Gasteiger partial charge in [0.2, 0.25) is 0 Å². The van der Waals surface area contributed by atoms with Gasteiger partial charge in [-0.1, -0.05) is 13.0 Å². The summed E-state index contributed by atoms with van der Waals surface area (Å²) in [7, 11) is 0. The molecular formula is C18H31N3. The van der Waals surface area contributed by atoms with Crippen molar-refractivity contribution in [2.75, 3.05) is 37.6 Å². The minimum Gasteiger partial charge on any atom is -0.369 e. The van der Waals surface area contributed by atoms with Gasteiger partial charge in [-0.25, -0.2) is 0 Å². The second kappa shape index (κ2) is 7.81. The van der Waals surface area contributed by atoms with Crippen LogP contribution < -0.4 is 10.2 Å². The van der Waals surface area contributed by atoms with Crippen molar-refractivity contribution in [1.82, 2.24) is 10.2 Å². The average molecular weight is 289 g/mol. The van der Waals surface area contributed by atoms with Crippen LogP contribution in [-0.2, 0) is 6.54 Å². The first kappa shape index (κ1) is 16.3. The van der Waals surface area contributed by atoms with E-state index in [4.69, 9.17) is 0 Å². The van der Waals surface area contributed by atoms with Crippen molar-refractivity contribution in [3.05, 3.63) is 29.3 Å². The van der Waals surface area contributed by atoms with E-state index >= 15 is 0 Å². The van der Waals surface area contributed by atoms with E-state index in [1.54, 1.807) is 0 Å². The Morgan fingerprint density at radius 3 is 2.43 bits per heavy atom. The Morgan fingerprint density at radius 1 is 1.14 bits per heavy atom. The molecular weight excluding hydrogens is 258 g/mol. The maximum atomic E-state index is 3.49. The minimum absolute atomic E-state index is 0.668. The number of hydrogen-bond acceptors (Lipinski definition) is 3. The zero-order valence-corrected chi connectivity index (χ0v) is 14.2. The van der Waals surface area contributed by atoms with E-state index in [1.807, 2.05) is 0 Å².